The van der Waals surface area contributed by atoms with Gasteiger partial charge in [0.1, 0.15) is 11.4 Å². The van der Waals surface area contributed by atoms with Crippen LogP contribution in [0.15, 0.2) is 24.3 Å². The van der Waals surface area contributed by atoms with Crippen LogP contribution < -0.4 is 5.32 Å². The third-order valence-corrected chi connectivity index (χ3v) is 3.15. The van der Waals surface area contributed by atoms with Gasteiger partial charge >= 0.3 is 0 Å². The summed E-state index contributed by atoms with van der Waals surface area (Å²) in [5.74, 6) is -0.300. The van der Waals surface area contributed by atoms with Crippen LogP contribution in [0.3, 0.4) is 0 Å². The Morgan fingerprint density at radius 2 is 2.33 bits per heavy atom. The van der Waals surface area contributed by atoms with E-state index in [0.29, 0.717) is 5.56 Å². The van der Waals surface area contributed by atoms with Gasteiger partial charge in [-0.2, -0.15) is 0 Å². The molecule has 0 bridgehead atoms. The van der Waals surface area contributed by atoms with Gasteiger partial charge in [-0.15, -0.1) is 0 Å². The minimum Gasteiger partial charge on any atom is -0.384 e. The van der Waals surface area contributed by atoms with Crippen LogP contribution in [0.25, 0.3) is 0 Å². The molecule has 1 saturated heterocycles. The van der Waals surface area contributed by atoms with Crippen LogP contribution in [0, 0.1) is 5.82 Å². The molecule has 2 atom stereocenters. The van der Waals surface area contributed by atoms with Crippen LogP contribution in [0.2, 0.25) is 0 Å². The minimum atomic E-state index is -0.988. The Kier molecular flexibility index (Phi) is 2.76. The minimum absolute atomic E-state index is 0.0271. The highest BCUT2D eigenvalue weighted by molar-refractivity contribution is 5.24. The molecule has 1 fully saturated rings. The van der Waals surface area contributed by atoms with Crippen LogP contribution in [0.5, 0.6) is 0 Å². The van der Waals surface area contributed by atoms with Crippen molar-refractivity contribution in [2.45, 2.75) is 31.4 Å². The molecule has 2 rings (SSSR count). The lowest BCUT2D eigenvalue weighted by atomic mass is 9.87. The van der Waals surface area contributed by atoms with E-state index in [9.17, 15) is 9.50 Å². The number of rotatable bonds is 2. The molecule has 2 nitrogen and oxygen atoms in total. The lowest BCUT2D eigenvalue weighted by Gasteiger charge is -2.30. The normalized spacial score (nSPS) is 25.1. The van der Waals surface area contributed by atoms with E-state index in [2.05, 4.69) is 5.32 Å². The smallest absolute Gasteiger partial charge is 0.123 e. The van der Waals surface area contributed by atoms with Crippen molar-refractivity contribution in [1.29, 1.82) is 0 Å². The van der Waals surface area contributed by atoms with Gasteiger partial charge in [-0.1, -0.05) is 12.1 Å². The summed E-state index contributed by atoms with van der Waals surface area (Å²) in [5, 5.41) is 13.6. The number of nitrogens with one attached hydrogen (secondary N) is 1. The molecular weight excluding hydrogens is 193 g/mol. The standard InChI is InChI=1S/C12H16FNO/c1-12(15,11-6-3-7-14-11)9-4-2-5-10(13)8-9/h2,4-5,8,11,14-15H,3,6-7H2,1H3/t11-,12?/m0/s1. The van der Waals surface area contributed by atoms with Gasteiger partial charge in [0, 0.05) is 6.04 Å². The van der Waals surface area contributed by atoms with Crippen LogP contribution in [-0.4, -0.2) is 17.7 Å². The SMILES string of the molecule is CC(O)(c1cccc(F)c1)[C@@H]1CCCN1. The van der Waals surface area contributed by atoms with Gasteiger partial charge in [-0.3, -0.25) is 0 Å². The molecule has 0 radical (unpaired) electrons. The monoisotopic (exact) mass is 209 g/mol. The Bertz CT molecular complexity index is 345. The maximum Gasteiger partial charge on any atom is 0.123 e. The topological polar surface area (TPSA) is 32.3 Å². The highest BCUT2D eigenvalue weighted by atomic mass is 19.1. The summed E-state index contributed by atoms with van der Waals surface area (Å²) in [6.45, 7) is 2.67. The van der Waals surface area contributed by atoms with Crippen molar-refractivity contribution in [2.75, 3.05) is 6.54 Å². The molecule has 1 aromatic rings. The Balaban J connectivity index is 2.27. The molecule has 0 spiro atoms. The fraction of sp³-hybridized carbons (Fsp3) is 0.500. The highest BCUT2D eigenvalue weighted by Crippen LogP contribution is 2.29. The first-order valence-electron chi connectivity index (χ1n) is 5.32. The van der Waals surface area contributed by atoms with E-state index in [1.54, 1.807) is 19.1 Å². The Labute approximate surface area is 89.1 Å². The van der Waals surface area contributed by atoms with Gasteiger partial charge in [0.05, 0.1) is 0 Å². The quantitative estimate of drug-likeness (QED) is 0.778. The third kappa shape index (κ3) is 2.03. The van der Waals surface area contributed by atoms with Gasteiger partial charge in [-0.25, -0.2) is 4.39 Å². The number of hydrogen-bond donors (Lipinski definition) is 2. The van der Waals surface area contributed by atoms with E-state index in [1.165, 1.54) is 12.1 Å². The predicted molar refractivity (Wildman–Crippen MR) is 57.0 cm³/mol. The van der Waals surface area contributed by atoms with E-state index in [4.69, 9.17) is 0 Å². The molecular formula is C12H16FNO. The molecule has 82 valence electrons. The summed E-state index contributed by atoms with van der Waals surface area (Å²) < 4.78 is 13.1. The first-order chi connectivity index (χ1) is 7.10. The maximum absolute atomic E-state index is 13.1. The summed E-state index contributed by atoms with van der Waals surface area (Å²) >= 11 is 0. The lowest BCUT2D eigenvalue weighted by Crippen LogP contribution is -2.42. The average Bonchev–Trinajstić information content (AvgIpc) is 2.71. The fourth-order valence-corrected chi connectivity index (χ4v) is 2.17. The van der Waals surface area contributed by atoms with Gasteiger partial charge in [-0.05, 0) is 44.0 Å². The Morgan fingerprint density at radius 1 is 1.53 bits per heavy atom. The lowest BCUT2D eigenvalue weighted by molar-refractivity contribution is 0.0216. The zero-order valence-electron chi connectivity index (χ0n) is 8.83. The summed E-state index contributed by atoms with van der Waals surface area (Å²) in [4.78, 5) is 0. The molecule has 0 aromatic heterocycles. The second-order valence-electron chi connectivity index (χ2n) is 4.31. The Morgan fingerprint density at radius 3 is 2.93 bits per heavy atom. The van der Waals surface area contributed by atoms with Gasteiger partial charge in [0.25, 0.3) is 0 Å². The van der Waals surface area contributed by atoms with Crippen molar-refractivity contribution >= 4 is 0 Å². The van der Waals surface area contributed by atoms with Gasteiger partial charge < -0.3 is 10.4 Å². The first kappa shape index (κ1) is 10.6. The summed E-state index contributed by atoms with van der Waals surface area (Å²) in [6.07, 6.45) is 2.00. The van der Waals surface area contributed by atoms with Crippen LogP contribution in [-0.2, 0) is 5.60 Å². The van der Waals surface area contributed by atoms with Crippen molar-refractivity contribution < 1.29 is 9.50 Å². The number of halogens is 1. The average molecular weight is 209 g/mol. The van der Waals surface area contributed by atoms with E-state index in [1.807, 2.05) is 0 Å². The van der Waals surface area contributed by atoms with E-state index >= 15 is 0 Å². The van der Waals surface area contributed by atoms with Crippen molar-refractivity contribution in [1.82, 2.24) is 5.32 Å². The molecule has 0 saturated carbocycles. The van der Waals surface area contributed by atoms with Crippen molar-refractivity contribution in [2.24, 2.45) is 0 Å². The highest BCUT2D eigenvalue weighted by Gasteiger charge is 2.35. The molecule has 0 aliphatic carbocycles. The molecule has 0 amide bonds. The number of benzene rings is 1. The predicted octanol–water partition coefficient (Wildman–Crippen LogP) is 1.79. The van der Waals surface area contributed by atoms with E-state index < -0.39 is 5.60 Å². The zero-order chi connectivity index (χ0) is 10.9. The van der Waals surface area contributed by atoms with Crippen LogP contribution >= 0.6 is 0 Å². The van der Waals surface area contributed by atoms with Crippen LogP contribution in [0.1, 0.15) is 25.3 Å². The maximum atomic E-state index is 13.1. The molecule has 1 aliphatic heterocycles. The van der Waals surface area contributed by atoms with Gasteiger partial charge in [0.2, 0.25) is 0 Å². The summed E-state index contributed by atoms with van der Waals surface area (Å²) in [5.41, 5.74) is -0.347. The zero-order valence-corrected chi connectivity index (χ0v) is 8.83. The first-order valence-corrected chi connectivity index (χ1v) is 5.32. The van der Waals surface area contributed by atoms with Crippen molar-refractivity contribution in [3.8, 4) is 0 Å². The van der Waals surface area contributed by atoms with Crippen molar-refractivity contribution in [3.63, 3.8) is 0 Å². The molecule has 1 heterocycles. The number of aliphatic hydroxyl groups is 1. The largest absolute Gasteiger partial charge is 0.384 e. The molecule has 3 heteroatoms. The molecule has 15 heavy (non-hydrogen) atoms. The molecule has 1 aromatic carbocycles. The van der Waals surface area contributed by atoms with Gasteiger partial charge in [0.15, 0.2) is 0 Å². The summed E-state index contributed by atoms with van der Waals surface area (Å²) in [6, 6.07) is 6.22. The van der Waals surface area contributed by atoms with Crippen molar-refractivity contribution in [3.05, 3.63) is 35.6 Å². The second-order valence-corrected chi connectivity index (χ2v) is 4.31. The molecule has 1 aliphatic rings. The number of hydrogen-bond acceptors (Lipinski definition) is 2. The third-order valence-electron chi connectivity index (χ3n) is 3.15. The molecule has 1 unspecified atom stereocenters. The second kappa shape index (κ2) is 3.91. The Hall–Kier alpha value is -0.930. The molecule has 2 N–H and O–H groups in total. The van der Waals surface area contributed by atoms with E-state index in [0.717, 1.165) is 19.4 Å². The fourth-order valence-electron chi connectivity index (χ4n) is 2.17. The van der Waals surface area contributed by atoms with E-state index in [-0.39, 0.29) is 11.9 Å². The summed E-state index contributed by atoms with van der Waals surface area (Å²) in [7, 11) is 0. The van der Waals surface area contributed by atoms with Crippen LogP contribution in [0.4, 0.5) is 4.39 Å².